The molecular formula is C55H66N4O4. The van der Waals surface area contributed by atoms with E-state index in [1.165, 1.54) is 16.7 Å². The second-order valence-corrected chi connectivity index (χ2v) is 16.0. The molecule has 8 nitrogen and oxygen atoms in total. The number of carbonyl (C=O) groups is 2. The van der Waals surface area contributed by atoms with Gasteiger partial charge in [-0.25, -0.2) is 0 Å². The van der Waals surface area contributed by atoms with Gasteiger partial charge in [-0.3, -0.25) is 9.59 Å². The van der Waals surface area contributed by atoms with Crippen molar-refractivity contribution in [3.63, 3.8) is 0 Å². The molecule has 6 aromatic carbocycles. The van der Waals surface area contributed by atoms with Crippen molar-refractivity contribution in [2.45, 2.75) is 78.3 Å². The zero-order chi connectivity index (χ0) is 44.5. The van der Waals surface area contributed by atoms with Crippen LogP contribution in [0.25, 0.3) is 0 Å². The molecule has 0 aliphatic rings. The number of phenolic OH excluding ortho intramolecular Hbond substituents is 1. The van der Waals surface area contributed by atoms with Crippen LogP contribution in [0, 0.1) is 13.8 Å². The fourth-order valence-corrected chi connectivity index (χ4v) is 7.33. The number of hydrogen-bond donors (Lipinski definition) is 5. The van der Waals surface area contributed by atoms with Crippen LogP contribution in [0.4, 0.5) is 0 Å². The van der Waals surface area contributed by atoms with Crippen LogP contribution in [-0.4, -0.2) is 50.2 Å². The average Bonchev–Trinajstić information content (AvgIpc) is 3.31. The first kappa shape index (κ1) is 47.8. The molecule has 0 bridgehead atoms. The molecule has 0 spiro atoms. The third-order valence-electron chi connectivity index (χ3n) is 11.1. The molecule has 0 fully saturated rings. The summed E-state index contributed by atoms with van der Waals surface area (Å²) < 4.78 is 5.41. The average molecular weight is 847 g/mol. The van der Waals surface area contributed by atoms with E-state index in [1.807, 2.05) is 92.7 Å². The normalized spacial score (nSPS) is 10.7. The number of hydrogen-bond acceptors (Lipinski definition) is 6. The van der Waals surface area contributed by atoms with Crippen LogP contribution in [0.3, 0.4) is 0 Å². The predicted octanol–water partition coefficient (Wildman–Crippen LogP) is 9.87. The maximum absolute atomic E-state index is 12.7. The van der Waals surface area contributed by atoms with E-state index in [2.05, 4.69) is 88.0 Å². The van der Waals surface area contributed by atoms with Crippen LogP contribution in [0.1, 0.15) is 90.9 Å². The molecule has 6 aromatic rings. The summed E-state index contributed by atoms with van der Waals surface area (Å²) in [6.45, 7) is 8.23. The highest BCUT2D eigenvalue weighted by atomic mass is 16.5. The van der Waals surface area contributed by atoms with Crippen LogP contribution < -0.4 is 26.0 Å². The Morgan fingerprint density at radius 3 is 1.40 bits per heavy atom. The fourth-order valence-electron chi connectivity index (χ4n) is 7.33. The Hall–Kier alpha value is -6.22. The van der Waals surface area contributed by atoms with Gasteiger partial charge in [0.25, 0.3) is 11.8 Å². The molecule has 0 atom stereocenters. The Labute approximate surface area is 375 Å². The first-order valence-corrected chi connectivity index (χ1v) is 22.4. The highest BCUT2D eigenvalue weighted by Crippen LogP contribution is 2.20. The minimum atomic E-state index is -0.0134. The number of rotatable bonds is 23. The molecule has 0 heterocycles. The van der Waals surface area contributed by atoms with Crippen LogP contribution in [0.5, 0.6) is 11.5 Å². The molecule has 8 heteroatoms. The number of phenols is 1. The van der Waals surface area contributed by atoms with E-state index in [0.29, 0.717) is 31.9 Å². The molecule has 6 rings (SSSR count). The van der Waals surface area contributed by atoms with Gasteiger partial charge in [-0.15, -0.1) is 0 Å². The molecule has 0 aliphatic heterocycles. The van der Waals surface area contributed by atoms with E-state index in [1.54, 1.807) is 7.11 Å². The van der Waals surface area contributed by atoms with E-state index in [9.17, 15) is 14.7 Å². The first-order chi connectivity index (χ1) is 30.8. The van der Waals surface area contributed by atoms with Crippen molar-refractivity contribution in [2.24, 2.45) is 0 Å². The van der Waals surface area contributed by atoms with E-state index in [-0.39, 0.29) is 11.8 Å². The van der Waals surface area contributed by atoms with Crippen molar-refractivity contribution in [1.82, 2.24) is 21.3 Å². The smallest absolute Gasteiger partial charge is 0.251 e. The van der Waals surface area contributed by atoms with Gasteiger partial charge >= 0.3 is 0 Å². The molecule has 330 valence electrons. The molecule has 0 aromatic heterocycles. The number of ether oxygens (including phenoxy) is 1. The van der Waals surface area contributed by atoms with E-state index in [4.69, 9.17) is 4.74 Å². The number of benzene rings is 6. The van der Waals surface area contributed by atoms with Crippen molar-refractivity contribution < 1.29 is 19.4 Å². The van der Waals surface area contributed by atoms with Gasteiger partial charge in [-0.1, -0.05) is 121 Å². The summed E-state index contributed by atoms with van der Waals surface area (Å²) in [5.74, 6) is 1.25. The fraction of sp³-hybridized carbons (Fsp3) is 0.309. The SMILES string of the molecule is COc1cc(CCNCc2ccccc2C(=O)NCCCCc2ccccc2)ccc1C.Cc1ccc(CCNCc2ccccc2C(=O)NCCCCc2ccccc2)cc1O. The quantitative estimate of drug-likeness (QED) is 0.0411. The molecule has 2 amide bonds. The Balaban J connectivity index is 0.000000238. The minimum absolute atomic E-state index is 0.00498. The summed E-state index contributed by atoms with van der Waals surface area (Å²) in [6, 6.07) is 48.6. The van der Waals surface area contributed by atoms with Gasteiger partial charge in [0.05, 0.1) is 7.11 Å². The predicted molar refractivity (Wildman–Crippen MR) is 258 cm³/mol. The van der Waals surface area contributed by atoms with E-state index in [0.717, 1.165) is 109 Å². The van der Waals surface area contributed by atoms with Gasteiger partial charge in [0.1, 0.15) is 11.5 Å². The highest BCUT2D eigenvalue weighted by molar-refractivity contribution is 5.96. The number of nitrogens with one attached hydrogen (secondary N) is 4. The number of aryl methyl sites for hydroxylation is 4. The third-order valence-corrected chi connectivity index (χ3v) is 11.1. The number of aromatic hydroxyl groups is 1. The monoisotopic (exact) mass is 847 g/mol. The van der Waals surface area contributed by atoms with Crippen LogP contribution in [0.2, 0.25) is 0 Å². The Morgan fingerprint density at radius 2 is 0.921 bits per heavy atom. The second kappa shape index (κ2) is 27.0. The molecule has 0 aliphatic carbocycles. The molecule has 0 saturated carbocycles. The van der Waals surface area contributed by atoms with Gasteiger partial charge < -0.3 is 31.1 Å². The van der Waals surface area contributed by atoms with Crippen molar-refractivity contribution >= 4 is 11.8 Å². The van der Waals surface area contributed by atoms with Gasteiger partial charge in [-0.05, 0) is 147 Å². The summed E-state index contributed by atoms with van der Waals surface area (Å²) in [6.07, 6.45) is 7.88. The first-order valence-electron chi connectivity index (χ1n) is 22.4. The van der Waals surface area contributed by atoms with E-state index >= 15 is 0 Å². The molecule has 0 saturated heterocycles. The number of unbranched alkanes of at least 4 members (excludes halogenated alkanes) is 2. The molecule has 5 N–H and O–H groups in total. The van der Waals surface area contributed by atoms with Crippen molar-refractivity contribution in [3.8, 4) is 11.5 Å². The summed E-state index contributed by atoms with van der Waals surface area (Å²) in [5.41, 5.74) is 10.5. The zero-order valence-corrected chi connectivity index (χ0v) is 37.4. The van der Waals surface area contributed by atoms with Crippen molar-refractivity contribution in [1.29, 1.82) is 0 Å². The minimum Gasteiger partial charge on any atom is -0.508 e. The zero-order valence-electron chi connectivity index (χ0n) is 37.4. The maximum Gasteiger partial charge on any atom is 0.251 e. The number of amides is 2. The van der Waals surface area contributed by atoms with Crippen molar-refractivity contribution in [3.05, 3.63) is 201 Å². The lowest BCUT2D eigenvalue weighted by Gasteiger charge is -2.12. The lowest BCUT2D eigenvalue weighted by Crippen LogP contribution is -2.27. The lowest BCUT2D eigenvalue weighted by atomic mass is 10.1. The van der Waals surface area contributed by atoms with Gasteiger partial charge in [0, 0.05) is 37.3 Å². The lowest BCUT2D eigenvalue weighted by molar-refractivity contribution is 0.0943. The third kappa shape index (κ3) is 16.9. The summed E-state index contributed by atoms with van der Waals surface area (Å²) in [7, 11) is 1.70. The summed E-state index contributed by atoms with van der Waals surface area (Å²) in [4.78, 5) is 25.4. The van der Waals surface area contributed by atoms with E-state index < -0.39 is 0 Å². The van der Waals surface area contributed by atoms with Crippen LogP contribution >= 0.6 is 0 Å². The Morgan fingerprint density at radius 1 is 0.476 bits per heavy atom. The standard InChI is InChI=1S/C28H34N2O2.C27H32N2O2/c1-22-15-16-24(20-27(22)32-2)17-19-29-21-25-13-6-7-14-26(25)28(31)30-18-9-8-12-23-10-4-3-5-11-23;1-21-14-15-23(19-26(21)30)16-18-28-20-24-12-5-6-13-25(24)27(31)29-17-8-7-11-22-9-3-2-4-10-22/h3-7,10-11,13-16,20,29H,8-9,12,17-19,21H2,1-2H3,(H,30,31);2-6,9-10,12-15,19,28,30H,7-8,11,16-18,20H2,1H3,(H,29,31). The summed E-state index contributed by atoms with van der Waals surface area (Å²) >= 11 is 0. The Kier molecular flexibility index (Phi) is 20.5. The molecular weight excluding hydrogens is 781 g/mol. The molecule has 0 radical (unpaired) electrons. The second-order valence-electron chi connectivity index (χ2n) is 16.0. The van der Waals surface area contributed by atoms with Crippen molar-refractivity contribution in [2.75, 3.05) is 33.3 Å². The molecule has 63 heavy (non-hydrogen) atoms. The van der Waals surface area contributed by atoms with Crippen LogP contribution in [0.15, 0.2) is 146 Å². The largest absolute Gasteiger partial charge is 0.508 e. The molecule has 0 unspecified atom stereocenters. The highest BCUT2D eigenvalue weighted by Gasteiger charge is 2.12. The summed E-state index contributed by atoms with van der Waals surface area (Å²) in [5, 5.41) is 22.9. The van der Waals surface area contributed by atoms with Gasteiger partial charge in [-0.2, -0.15) is 0 Å². The van der Waals surface area contributed by atoms with Gasteiger partial charge in [0.2, 0.25) is 0 Å². The van der Waals surface area contributed by atoms with Gasteiger partial charge in [0.15, 0.2) is 0 Å². The number of methoxy groups -OCH3 is 1. The van der Waals surface area contributed by atoms with Crippen LogP contribution in [-0.2, 0) is 38.8 Å². The maximum atomic E-state index is 12.7. The number of carbonyl (C=O) groups excluding carboxylic acids is 2. The Bertz CT molecular complexity index is 2280. The topological polar surface area (TPSA) is 112 Å².